The first-order valence-corrected chi connectivity index (χ1v) is 8.74. The summed E-state index contributed by atoms with van der Waals surface area (Å²) in [5.74, 6) is 0.792. The van der Waals surface area contributed by atoms with E-state index in [1.54, 1.807) is 13.2 Å². The first-order valence-electron chi connectivity index (χ1n) is 8.74. The van der Waals surface area contributed by atoms with Crippen molar-refractivity contribution in [2.45, 2.75) is 20.3 Å². The molecule has 4 rings (SSSR count). The number of hydrogen-bond acceptors (Lipinski definition) is 4. The summed E-state index contributed by atoms with van der Waals surface area (Å²) < 4.78 is 5.28. The van der Waals surface area contributed by atoms with Gasteiger partial charge in [0, 0.05) is 30.0 Å². The second-order valence-electron chi connectivity index (χ2n) is 8.15. The molecule has 1 aromatic heterocycles. The number of para-hydroxylation sites is 1. The van der Waals surface area contributed by atoms with Crippen molar-refractivity contribution in [1.82, 2.24) is 9.88 Å². The van der Waals surface area contributed by atoms with Gasteiger partial charge in [0.25, 0.3) is 5.91 Å². The molecule has 5 nitrogen and oxygen atoms in total. The van der Waals surface area contributed by atoms with Crippen LogP contribution in [0.15, 0.2) is 30.3 Å². The average Bonchev–Trinajstić information content (AvgIpc) is 2.95. The number of nitrogens with zero attached hydrogens (tertiary/aromatic N) is 2. The Bertz CT molecular complexity index is 848. The van der Waals surface area contributed by atoms with E-state index in [0.29, 0.717) is 30.5 Å². The molecule has 5 heteroatoms. The number of pyridine rings is 1. The normalized spacial score (nSPS) is 27.0. The van der Waals surface area contributed by atoms with Gasteiger partial charge >= 0.3 is 0 Å². The van der Waals surface area contributed by atoms with Gasteiger partial charge in [-0.15, -0.1) is 0 Å². The summed E-state index contributed by atoms with van der Waals surface area (Å²) in [6.07, 6.45) is 0.964. The average molecular weight is 340 g/mol. The van der Waals surface area contributed by atoms with Crippen LogP contribution in [0.3, 0.4) is 0 Å². The first kappa shape index (κ1) is 16.3. The molecule has 2 atom stereocenters. The SMILES string of the molecule is COc1cc(C(=O)N2C[C@@H]3C(C)(C)C[C@]3(CO)C2)c2ccccc2n1. The predicted molar refractivity (Wildman–Crippen MR) is 95.6 cm³/mol. The standard InChI is InChI=1S/C20H24N2O3/c1-19(2)10-20(12-23)11-22(9-16(19)20)18(24)14-8-17(25-3)21-15-7-5-4-6-13(14)15/h4-8,16,23H,9-12H2,1-3H3/t16-,20-/m1/s1. The highest BCUT2D eigenvalue weighted by Gasteiger charge is 2.63. The second kappa shape index (κ2) is 5.43. The zero-order chi connectivity index (χ0) is 17.8. The monoisotopic (exact) mass is 340 g/mol. The van der Waals surface area contributed by atoms with Crippen molar-refractivity contribution < 1.29 is 14.6 Å². The number of amides is 1. The van der Waals surface area contributed by atoms with Crippen molar-refractivity contribution in [1.29, 1.82) is 0 Å². The Kier molecular flexibility index (Phi) is 3.55. The van der Waals surface area contributed by atoms with Gasteiger partial charge in [-0.25, -0.2) is 4.98 Å². The third-order valence-corrected chi connectivity index (χ3v) is 6.13. The summed E-state index contributed by atoms with van der Waals surface area (Å²) >= 11 is 0. The van der Waals surface area contributed by atoms with E-state index in [4.69, 9.17) is 4.74 Å². The molecule has 1 aliphatic carbocycles. The second-order valence-corrected chi connectivity index (χ2v) is 8.15. The van der Waals surface area contributed by atoms with Crippen molar-refractivity contribution in [2.75, 3.05) is 26.8 Å². The Morgan fingerprint density at radius 1 is 1.40 bits per heavy atom. The lowest BCUT2D eigenvalue weighted by Gasteiger charge is -2.55. The first-order chi connectivity index (χ1) is 11.9. The van der Waals surface area contributed by atoms with Crippen LogP contribution in [0.1, 0.15) is 30.6 Å². The highest BCUT2D eigenvalue weighted by Crippen LogP contribution is 2.62. The Labute approximate surface area is 147 Å². The predicted octanol–water partition coefficient (Wildman–Crippen LogP) is 2.72. The molecule has 1 saturated carbocycles. The van der Waals surface area contributed by atoms with E-state index in [-0.39, 0.29) is 23.3 Å². The molecule has 2 aromatic rings. The van der Waals surface area contributed by atoms with Gasteiger partial charge in [0.1, 0.15) is 0 Å². The molecule has 1 N–H and O–H groups in total. The van der Waals surface area contributed by atoms with Crippen LogP contribution < -0.4 is 4.74 Å². The Balaban J connectivity index is 1.72. The molecule has 0 bridgehead atoms. The summed E-state index contributed by atoms with van der Waals surface area (Å²) in [5.41, 5.74) is 1.42. The van der Waals surface area contributed by atoms with Gasteiger partial charge in [0.15, 0.2) is 0 Å². The van der Waals surface area contributed by atoms with Crippen molar-refractivity contribution in [2.24, 2.45) is 16.7 Å². The van der Waals surface area contributed by atoms with Crippen LogP contribution in [-0.2, 0) is 0 Å². The lowest BCUT2D eigenvalue weighted by Crippen LogP contribution is -2.54. The number of aliphatic hydroxyl groups excluding tert-OH is 1. The molecule has 0 unspecified atom stereocenters. The van der Waals surface area contributed by atoms with Gasteiger partial charge in [-0.3, -0.25) is 4.79 Å². The molecule has 0 radical (unpaired) electrons. The number of likely N-dealkylation sites (tertiary alicyclic amines) is 1. The fraction of sp³-hybridized carbons (Fsp3) is 0.500. The van der Waals surface area contributed by atoms with Crippen molar-refractivity contribution in [3.05, 3.63) is 35.9 Å². The maximum absolute atomic E-state index is 13.3. The summed E-state index contributed by atoms with van der Waals surface area (Å²) in [4.78, 5) is 19.6. The zero-order valence-electron chi connectivity index (χ0n) is 15.0. The maximum Gasteiger partial charge on any atom is 0.254 e. The molecule has 2 aliphatic rings. The van der Waals surface area contributed by atoms with Gasteiger partial charge in [0.05, 0.1) is 24.8 Å². The number of methoxy groups -OCH3 is 1. The van der Waals surface area contributed by atoms with E-state index < -0.39 is 0 Å². The topological polar surface area (TPSA) is 62.7 Å². The highest BCUT2D eigenvalue weighted by atomic mass is 16.5. The van der Waals surface area contributed by atoms with Crippen molar-refractivity contribution in [3.63, 3.8) is 0 Å². The van der Waals surface area contributed by atoms with Crippen LogP contribution >= 0.6 is 0 Å². The molecule has 2 heterocycles. The van der Waals surface area contributed by atoms with Crippen LogP contribution in [0.2, 0.25) is 0 Å². The van der Waals surface area contributed by atoms with E-state index >= 15 is 0 Å². The van der Waals surface area contributed by atoms with E-state index in [1.807, 2.05) is 29.2 Å². The van der Waals surface area contributed by atoms with Gasteiger partial charge in [0.2, 0.25) is 5.88 Å². The fourth-order valence-corrected chi connectivity index (χ4v) is 5.10. The van der Waals surface area contributed by atoms with E-state index in [9.17, 15) is 9.90 Å². The molecule has 1 saturated heterocycles. The van der Waals surface area contributed by atoms with Crippen molar-refractivity contribution >= 4 is 16.8 Å². The minimum Gasteiger partial charge on any atom is -0.481 e. The Morgan fingerprint density at radius 3 is 2.80 bits per heavy atom. The smallest absolute Gasteiger partial charge is 0.254 e. The highest BCUT2D eigenvalue weighted by molar-refractivity contribution is 6.06. The van der Waals surface area contributed by atoms with E-state index in [1.165, 1.54) is 0 Å². The van der Waals surface area contributed by atoms with E-state index in [2.05, 4.69) is 18.8 Å². The van der Waals surface area contributed by atoms with Crippen LogP contribution in [-0.4, -0.2) is 47.7 Å². The number of hydrogen-bond donors (Lipinski definition) is 1. The number of aromatic nitrogens is 1. The molecular formula is C20H24N2O3. The number of fused-ring (bicyclic) bond motifs is 2. The summed E-state index contributed by atoms with van der Waals surface area (Å²) in [6.45, 7) is 5.92. The van der Waals surface area contributed by atoms with Gasteiger partial charge in [-0.2, -0.15) is 0 Å². The minimum atomic E-state index is -0.133. The number of benzene rings is 1. The molecular weight excluding hydrogens is 316 g/mol. The fourth-order valence-electron chi connectivity index (χ4n) is 5.10. The van der Waals surface area contributed by atoms with Crippen LogP contribution in [0, 0.1) is 16.7 Å². The molecule has 132 valence electrons. The van der Waals surface area contributed by atoms with Crippen molar-refractivity contribution in [3.8, 4) is 5.88 Å². The van der Waals surface area contributed by atoms with Crippen LogP contribution in [0.4, 0.5) is 0 Å². The van der Waals surface area contributed by atoms with Gasteiger partial charge in [-0.05, 0) is 23.8 Å². The molecule has 1 amide bonds. The lowest BCUT2D eigenvalue weighted by atomic mass is 9.48. The Hall–Kier alpha value is -2.14. The summed E-state index contributed by atoms with van der Waals surface area (Å²) in [5, 5.41) is 10.8. The number of carbonyl (C=O) groups excluding carboxylic acids is 1. The van der Waals surface area contributed by atoms with E-state index in [0.717, 1.165) is 17.3 Å². The molecule has 1 aliphatic heterocycles. The van der Waals surface area contributed by atoms with Gasteiger partial charge in [-0.1, -0.05) is 32.0 Å². The minimum absolute atomic E-state index is 0.00470. The van der Waals surface area contributed by atoms with Crippen LogP contribution in [0.5, 0.6) is 5.88 Å². The number of aliphatic hydroxyl groups is 1. The van der Waals surface area contributed by atoms with Gasteiger partial charge < -0.3 is 14.7 Å². The summed E-state index contributed by atoms with van der Waals surface area (Å²) in [7, 11) is 1.56. The number of carbonyl (C=O) groups is 1. The largest absolute Gasteiger partial charge is 0.481 e. The quantitative estimate of drug-likeness (QED) is 0.933. The maximum atomic E-state index is 13.3. The molecule has 0 spiro atoms. The lowest BCUT2D eigenvalue weighted by molar-refractivity contribution is -0.0976. The Morgan fingerprint density at radius 2 is 2.16 bits per heavy atom. The summed E-state index contributed by atoms with van der Waals surface area (Å²) in [6, 6.07) is 9.36. The van der Waals surface area contributed by atoms with Crippen LogP contribution in [0.25, 0.3) is 10.9 Å². The third-order valence-electron chi connectivity index (χ3n) is 6.13. The third kappa shape index (κ3) is 2.33. The molecule has 2 fully saturated rings. The number of rotatable bonds is 3. The zero-order valence-corrected chi connectivity index (χ0v) is 15.0. The molecule has 1 aromatic carbocycles. The number of ether oxygens (including phenoxy) is 1. The molecule has 25 heavy (non-hydrogen) atoms.